The summed E-state index contributed by atoms with van der Waals surface area (Å²) in [6.45, 7) is 6.57. The lowest BCUT2D eigenvalue weighted by molar-refractivity contribution is -0.494. The lowest BCUT2D eigenvalue weighted by Crippen LogP contribution is -2.29. The van der Waals surface area contributed by atoms with Crippen molar-refractivity contribution in [2.24, 2.45) is 0 Å². The van der Waals surface area contributed by atoms with Crippen LogP contribution in [0.25, 0.3) is 11.3 Å². The van der Waals surface area contributed by atoms with Crippen molar-refractivity contribution in [3.63, 3.8) is 0 Å². The second-order valence-corrected chi connectivity index (χ2v) is 5.81. The van der Waals surface area contributed by atoms with Gasteiger partial charge in [-0.15, -0.1) is 0 Å². The Balaban J connectivity index is 2.27. The molecule has 1 aromatic carbocycles. The van der Waals surface area contributed by atoms with Gasteiger partial charge < -0.3 is 14.7 Å². The lowest BCUT2D eigenvalue weighted by atomic mass is 10.1. The number of hydrogen-bond donors (Lipinski definition) is 1. The second kappa shape index (κ2) is 6.55. The number of rotatable bonds is 5. The number of nitrogens with zero attached hydrogens (tertiary/aromatic N) is 2. The molecule has 0 saturated heterocycles. The van der Waals surface area contributed by atoms with Crippen molar-refractivity contribution >= 4 is 0 Å². The smallest absolute Gasteiger partial charge is 0.296 e. The van der Waals surface area contributed by atoms with Crippen LogP contribution in [0.3, 0.4) is 0 Å². The molecule has 1 heterocycles. The zero-order valence-electron chi connectivity index (χ0n) is 14.3. The quantitative estimate of drug-likeness (QED) is 0.676. The maximum atomic E-state index is 13.0. The van der Waals surface area contributed by atoms with Crippen LogP contribution < -0.4 is 13.9 Å². The van der Waals surface area contributed by atoms with Gasteiger partial charge in [0.1, 0.15) is 22.9 Å². The number of ether oxygens (including phenoxy) is 2. The maximum Gasteiger partial charge on any atom is 0.296 e. The van der Waals surface area contributed by atoms with E-state index in [9.17, 15) is 10.1 Å². The summed E-state index contributed by atoms with van der Waals surface area (Å²) in [5.41, 5.74) is 2.86. The van der Waals surface area contributed by atoms with Gasteiger partial charge in [-0.2, -0.15) is 4.73 Å². The number of aromatic nitrogens is 2. The average Bonchev–Trinajstić information content (AvgIpc) is 3.06. The van der Waals surface area contributed by atoms with Gasteiger partial charge in [-0.25, -0.2) is 0 Å². The van der Waals surface area contributed by atoms with Gasteiger partial charge in [0.2, 0.25) is 0 Å². The van der Waals surface area contributed by atoms with Crippen LogP contribution >= 0.6 is 0 Å². The molecule has 2 aromatic rings. The summed E-state index contributed by atoms with van der Waals surface area (Å²) >= 11 is 0. The fourth-order valence-corrected chi connectivity index (χ4v) is 3.28. The first-order valence-corrected chi connectivity index (χ1v) is 8.37. The van der Waals surface area contributed by atoms with Gasteiger partial charge in [-0.1, -0.05) is 0 Å². The Bertz CT molecular complexity index is 827. The Morgan fingerprint density at radius 1 is 1.21 bits per heavy atom. The maximum absolute atomic E-state index is 13.0. The molecule has 24 heavy (non-hydrogen) atoms. The van der Waals surface area contributed by atoms with E-state index in [1.165, 1.54) is 0 Å². The van der Waals surface area contributed by atoms with Crippen molar-refractivity contribution in [3.05, 3.63) is 40.2 Å². The molecular weight excluding hydrogens is 308 g/mol. The summed E-state index contributed by atoms with van der Waals surface area (Å²) in [4.78, 5) is 13.0. The topological polar surface area (TPSA) is 66.6 Å². The Kier molecular flexibility index (Phi) is 4.46. The molecular formula is C18H23N2O4+. The Morgan fingerprint density at radius 2 is 1.96 bits per heavy atom. The molecule has 0 spiro atoms. The molecule has 0 unspecified atom stereocenters. The average molecular weight is 331 g/mol. The minimum atomic E-state index is 0.406. The molecule has 1 aromatic heterocycles. The van der Waals surface area contributed by atoms with Gasteiger partial charge in [0, 0.05) is 11.3 Å². The molecule has 1 N–H and O–H groups in total. The Labute approximate surface area is 140 Å². The molecule has 128 valence electrons. The summed E-state index contributed by atoms with van der Waals surface area (Å²) in [6, 6.07) is 5.42. The normalized spacial score (nSPS) is 13.0. The van der Waals surface area contributed by atoms with Crippen LogP contribution in [-0.4, -0.2) is 23.2 Å². The monoisotopic (exact) mass is 331 g/mol. The van der Waals surface area contributed by atoms with E-state index in [2.05, 4.69) is 0 Å². The van der Waals surface area contributed by atoms with Crippen molar-refractivity contribution in [2.75, 3.05) is 13.2 Å². The van der Waals surface area contributed by atoms with Crippen LogP contribution in [0.2, 0.25) is 0 Å². The van der Waals surface area contributed by atoms with Crippen LogP contribution in [0.5, 0.6) is 11.5 Å². The number of fused-ring (bicyclic) bond motifs is 1. The van der Waals surface area contributed by atoms with Gasteiger partial charge >= 0.3 is 0 Å². The Hall–Kier alpha value is -2.50. The summed E-state index contributed by atoms with van der Waals surface area (Å²) < 4.78 is 13.4. The molecule has 0 atom stereocenters. The molecule has 1 aliphatic carbocycles. The summed E-state index contributed by atoms with van der Waals surface area (Å²) in [7, 11) is 0. The fraction of sp³-hybridized carbons (Fsp3) is 0.444. The predicted octanol–water partition coefficient (Wildman–Crippen LogP) is 2.90. The molecule has 0 fully saturated rings. The minimum absolute atomic E-state index is 0.406. The first-order valence-electron chi connectivity index (χ1n) is 8.37. The molecule has 6 heteroatoms. The highest BCUT2D eigenvalue weighted by Gasteiger charge is 2.33. The molecule has 6 nitrogen and oxygen atoms in total. The molecule has 0 amide bonds. The fourth-order valence-electron chi connectivity index (χ4n) is 3.28. The molecule has 3 rings (SSSR count). The standard InChI is InChI=1S/C18H23N2O4/c1-4-23-13-9-10-17(24-5-2)14(11-13)18-12(3)19(21)15-7-6-8-16(15)20(18)22/h9-11,21H,4-8H2,1-3H3/q+1. The summed E-state index contributed by atoms with van der Waals surface area (Å²) in [5, 5.41) is 10.5. The van der Waals surface area contributed by atoms with Gasteiger partial charge in [0.25, 0.3) is 11.4 Å². The van der Waals surface area contributed by atoms with Gasteiger partial charge in [-0.05, 0) is 51.8 Å². The van der Waals surface area contributed by atoms with E-state index in [1.807, 2.05) is 19.9 Å². The predicted molar refractivity (Wildman–Crippen MR) is 89.5 cm³/mol. The van der Waals surface area contributed by atoms with E-state index in [0.717, 1.165) is 15.6 Å². The van der Waals surface area contributed by atoms with Crippen LogP contribution in [0.1, 0.15) is 37.4 Å². The zero-order chi connectivity index (χ0) is 17.3. The SMILES string of the molecule is CCOc1ccc(OCC)c(-c2c(C)n(O)c3c([n+]2=O)CCC3)c1. The molecule has 0 bridgehead atoms. The van der Waals surface area contributed by atoms with Crippen LogP contribution in [0, 0.1) is 11.8 Å². The highest BCUT2D eigenvalue weighted by molar-refractivity contribution is 5.69. The molecule has 1 aliphatic rings. The summed E-state index contributed by atoms with van der Waals surface area (Å²) in [5.74, 6) is 1.27. The highest BCUT2D eigenvalue weighted by Crippen LogP contribution is 2.34. The van der Waals surface area contributed by atoms with Gasteiger partial charge in [0.05, 0.1) is 23.2 Å². The zero-order valence-corrected chi connectivity index (χ0v) is 14.3. The second-order valence-electron chi connectivity index (χ2n) is 5.81. The van der Waals surface area contributed by atoms with E-state index in [1.54, 1.807) is 19.1 Å². The van der Waals surface area contributed by atoms with Crippen LogP contribution in [-0.2, 0) is 12.8 Å². The van der Waals surface area contributed by atoms with Crippen LogP contribution in [0.15, 0.2) is 18.2 Å². The third-order valence-electron chi connectivity index (χ3n) is 4.34. The third-order valence-corrected chi connectivity index (χ3v) is 4.34. The van der Waals surface area contributed by atoms with E-state index in [4.69, 9.17) is 9.47 Å². The highest BCUT2D eigenvalue weighted by atomic mass is 16.5. The molecule has 0 radical (unpaired) electrons. The molecule has 0 aliphatic heterocycles. The van der Waals surface area contributed by atoms with E-state index in [0.29, 0.717) is 65.9 Å². The van der Waals surface area contributed by atoms with E-state index in [-0.39, 0.29) is 0 Å². The minimum Gasteiger partial charge on any atom is -0.494 e. The van der Waals surface area contributed by atoms with Gasteiger partial charge in [-0.3, -0.25) is 0 Å². The largest absolute Gasteiger partial charge is 0.494 e. The third kappa shape index (κ3) is 2.62. The summed E-state index contributed by atoms with van der Waals surface area (Å²) in [6.07, 6.45) is 2.26. The van der Waals surface area contributed by atoms with Crippen molar-refractivity contribution in [1.82, 2.24) is 4.73 Å². The van der Waals surface area contributed by atoms with Crippen molar-refractivity contribution < 1.29 is 19.1 Å². The van der Waals surface area contributed by atoms with Crippen molar-refractivity contribution in [3.8, 4) is 22.8 Å². The van der Waals surface area contributed by atoms with Crippen molar-refractivity contribution in [2.45, 2.75) is 40.0 Å². The molecule has 0 saturated carbocycles. The lowest BCUT2D eigenvalue weighted by Gasteiger charge is -2.12. The first-order chi connectivity index (χ1) is 11.6. The van der Waals surface area contributed by atoms with E-state index < -0.39 is 0 Å². The van der Waals surface area contributed by atoms with Gasteiger partial charge in [0.15, 0.2) is 0 Å². The Morgan fingerprint density at radius 3 is 2.67 bits per heavy atom. The van der Waals surface area contributed by atoms with E-state index >= 15 is 0 Å². The van der Waals surface area contributed by atoms with Crippen molar-refractivity contribution in [1.29, 1.82) is 0 Å². The van der Waals surface area contributed by atoms with Crippen LogP contribution in [0.4, 0.5) is 0 Å². The number of benzene rings is 1. The number of hydrogen-bond acceptors (Lipinski definition) is 4. The first kappa shape index (κ1) is 16.4.